The van der Waals surface area contributed by atoms with Gasteiger partial charge in [-0.1, -0.05) is 44.1 Å². The lowest BCUT2D eigenvalue weighted by Crippen LogP contribution is -2.10. The molecule has 8 nitrogen and oxygen atoms in total. The van der Waals surface area contributed by atoms with Crippen molar-refractivity contribution in [3.63, 3.8) is 0 Å². The Balaban J connectivity index is 1.48. The quantitative estimate of drug-likeness (QED) is 0.396. The molecule has 0 unspecified atom stereocenters. The number of hydrogen-bond acceptors (Lipinski definition) is 6. The lowest BCUT2D eigenvalue weighted by Gasteiger charge is -2.18. The zero-order chi connectivity index (χ0) is 22.3. The molecule has 0 saturated carbocycles. The van der Waals surface area contributed by atoms with Crippen LogP contribution in [0, 0.1) is 0 Å². The van der Waals surface area contributed by atoms with Gasteiger partial charge in [-0.05, 0) is 35.2 Å². The van der Waals surface area contributed by atoms with E-state index < -0.39 is 0 Å². The SMILES string of the molecule is CC(C)(C)c1ccc2oc(-c3c[nH]nc3-c3cccc(NC(=O)c4ccno4)c3)nc2c1. The highest BCUT2D eigenvalue weighted by atomic mass is 16.5. The standard InChI is InChI=1S/C24H21N5O3/c1-24(2,3)15-7-8-19-18(12-15)28-23(31-19)17-13-25-29-21(17)14-5-4-6-16(11-14)27-22(30)20-9-10-26-32-20/h4-13H,1-3H3,(H,25,29)(H,27,30). The first-order valence-electron chi connectivity index (χ1n) is 10.2. The smallest absolute Gasteiger partial charge is 0.294 e. The van der Waals surface area contributed by atoms with Crippen LogP contribution in [-0.4, -0.2) is 26.2 Å². The molecule has 2 N–H and O–H groups in total. The molecule has 2 aromatic carbocycles. The minimum Gasteiger partial charge on any atom is -0.436 e. The summed E-state index contributed by atoms with van der Waals surface area (Å²) in [5.74, 6) is 0.235. The van der Waals surface area contributed by atoms with Crippen LogP contribution < -0.4 is 5.32 Å². The summed E-state index contributed by atoms with van der Waals surface area (Å²) in [5.41, 5.74) is 5.53. The Morgan fingerprint density at radius 1 is 1.09 bits per heavy atom. The number of benzene rings is 2. The maximum absolute atomic E-state index is 12.3. The normalized spacial score (nSPS) is 11.7. The number of nitrogens with zero attached hydrogens (tertiary/aromatic N) is 3. The van der Waals surface area contributed by atoms with Gasteiger partial charge in [0.25, 0.3) is 5.91 Å². The Morgan fingerprint density at radius 2 is 1.97 bits per heavy atom. The number of anilines is 1. The first-order chi connectivity index (χ1) is 15.4. The van der Waals surface area contributed by atoms with E-state index in [0.29, 0.717) is 22.9 Å². The molecule has 3 aromatic heterocycles. The van der Waals surface area contributed by atoms with Gasteiger partial charge in [-0.3, -0.25) is 9.89 Å². The highest BCUT2D eigenvalue weighted by Crippen LogP contribution is 2.34. The molecule has 5 aromatic rings. The molecule has 0 atom stereocenters. The Kier molecular flexibility index (Phi) is 4.62. The van der Waals surface area contributed by atoms with E-state index in [1.54, 1.807) is 12.3 Å². The van der Waals surface area contributed by atoms with Crippen molar-refractivity contribution in [1.82, 2.24) is 20.3 Å². The summed E-state index contributed by atoms with van der Waals surface area (Å²) < 4.78 is 10.9. The molecule has 0 aliphatic carbocycles. The fraction of sp³-hybridized carbons (Fsp3) is 0.167. The van der Waals surface area contributed by atoms with E-state index in [1.807, 2.05) is 24.3 Å². The van der Waals surface area contributed by atoms with Crippen LogP contribution in [-0.2, 0) is 5.41 Å². The first-order valence-corrected chi connectivity index (χ1v) is 10.2. The van der Waals surface area contributed by atoms with Gasteiger partial charge in [-0.15, -0.1) is 0 Å². The van der Waals surface area contributed by atoms with Gasteiger partial charge in [-0.2, -0.15) is 5.10 Å². The second kappa shape index (κ2) is 7.49. The number of rotatable bonds is 4. The predicted molar refractivity (Wildman–Crippen MR) is 120 cm³/mol. The number of aromatic amines is 1. The van der Waals surface area contributed by atoms with E-state index >= 15 is 0 Å². The van der Waals surface area contributed by atoms with Gasteiger partial charge in [0.2, 0.25) is 11.7 Å². The van der Waals surface area contributed by atoms with Crippen LogP contribution in [0.25, 0.3) is 33.8 Å². The Bertz CT molecular complexity index is 1410. The number of amides is 1. The number of oxazole rings is 1. The Morgan fingerprint density at radius 3 is 2.75 bits per heavy atom. The van der Waals surface area contributed by atoms with Crippen molar-refractivity contribution in [2.45, 2.75) is 26.2 Å². The van der Waals surface area contributed by atoms with Gasteiger partial charge in [0, 0.05) is 23.5 Å². The topological polar surface area (TPSA) is 110 Å². The fourth-order valence-electron chi connectivity index (χ4n) is 3.45. The van der Waals surface area contributed by atoms with Gasteiger partial charge in [0.1, 0.15) is 11.2 Å². The van der Waals surface area contributed by atoms with Crippen LogP contribution in [0.3, 0.4) is 0 Å². The largest absolute Gasteiger partial charge is 0.436 e. The summed E-state index contributed by atoms with van der Waals surface area (Å²) in [7, 11) is 0. The van der Waals surface area contributed by atoms with Crippen molar-refractivity contribution in [2.75, 3.05) is 5.32 Å². The number of aromatic nitrogens is 4. The van der Waals surface area contributed by atoms with Crippen molar-refractivity contribution in [3.05, 3.63) is 72.2 Å². The highest BCUT2D eigenvalue weighted by molar-refractivity contribution is 6.02. The summed E-state index contributed by atoms with van der Waals surface area (Å²) in [4.78, 5) is 17.0. The zero-order valence-electron chi connectivity index (χ0n) is 17.8. The summed E-state index contributed by atoms with van der Waals surface area (Å²) >= 11 is 0. The maximum atomic E-state index is 12.3. The third-order valence-electron chi connectivity index (χ3n) is 5.18. The van der Waals surface area contributed by atoms with Crippen molar-refractivity contribution < 1.29 is 13.7 Å². The first kappa shape index (κ1) is 19.7. The predicted octanol–water partition coefficient (Wildman–Crippen LogP) is 5.42. The highest BCUT2D eigenvalue weighted by Gasteiger charge is 2.19. The molecule has 0 aliphatic rings. The van der Waals surface area contributed by atoms with E-state index in [0.717, 1.165) is 16.6 Å². The van der Waals surface area contributed by atoms with E-state index in [9.17, 15) is 4.79 Å². The fourth-order valence-corrected chi connectivity index (χ4v) is 3.45. The monoisotopic (exact) mass is 427 g/mol. The maximum Gasteiger partial charge on any atom is 0.294 e. The molecule has 0 radical (unpaired) electrons. The lowest BCUT2D eigenvalue weighted by molar-refractivity contribution is 0.0988. The number of hydrogen-bond donors (Lipinski definition) is 2. The Labute approximate surface area is 183 Å². The number of carbonyl (C=O) groups excluding carboxylic acids is 1. The molecule has 5 rings (SSSR count). The molecule has 0 spiro atoms. The van der Waals surface area contributed by atoms with Gasteiger partial charge in [0.05, 0.1) is 11.8 Å². The van der Waals surface area contributed by atoms with Crippen LogP contribution in [0.1, 0.15) is 36.9 Å². The molecular weight excluding hydrogens is 406 g/mol. The summed E-state index contributed by atoms with van der Waals surface area (Å²) in [6.07, 6.45) is 3.18. The number of nitrogens with one attached hydrogen (secondary N) is 2. The van der Waals surface area contributed by atoms with Gasteiger partial charge >= 0.3 is 0 Å². The van der Waals surface area contributed by atoms with Crippen molar-refractivity contribution in [2.24, 2.45) is 0 Å². The number of fused-ring (bicyclic) bond motifs is 1. The Hall–Kier alpha value is -4.20. The number of H-pyrrole nitrogens is 1. The molecular formula is C24H21N5O3. The van der Waals surface area contributed by atoms with E-state index in [1.165, 1.54) is 17.8 Å². The molecule has 8 heteroatoms. The van der Waals surface area contributed by atoms with Crippen molar-refractivity contribution in [3.8, 4) is 22.7 Å². The lowest BCUT2D eigenvalue weighted by atomic mass is 9.87. The minimum absolute atomic E-state index is 0.0185. The van der Waals surface area contributed by atoms with Crippen molar-refractivity contribution >= 4 is 22.7 Å². The zero-order valence-corrected chi connectivity index (χ0v) is 17.8. The molecule has 0 fully saturated rings. The van der Waals surface area contributed by atoms with Crippen molar-refractivity contribution in [1.29, 1.82) is 0 Å². The third kappa shape index (κ3) is 3.66. The summed E-state index contributed by atoms with van der Waals surface area (Å²) in [6.45, 7) is 6.49. The van der Waals surface area contributed by atoms with Crippen LogP contribution in [0.15, 0.2) is 69.9 Å². The molecule has 160 valence electrons. The van der Waals surface area contributed by atoms with Gasteiger partial charge in [0.15, 0.2) is 5.58 Å². The van der Waals surface area contributed by atoms with Gasteiger partial charge < -0.3 is 14.3 Å². The van der Waals surface area contributed by atoms with Crippen LogP contribution in [0.5, 0.6) is 0 Å². The van der Waals surface area contributed by atoms with Crippen LogP contribution in [0.4, 0.5) is 5.69 Å². The number of carbonyl (C=O) groups is 1. The average molecular weight is 427 g/mol. The third-order valence-corrected chi connectivity index (χ3v) is 5.18. The van der Waals surface area contributed by atoms with Gasteiger partial charge in [-0.25, -0.2) is 4.98 Å². The van der Waals surface area contributed by atoms with Crippen LogP contribution >= 0.6 is 0 Å². The van der Waals surface area contributed by atoms with E-state index in [2.05, 4.69) is 53.6 Å². The average Bonchev–Trinajstić information content (AvgIpc) is 3.52. The summed E-state index contributed by atoms with van der Waals surface area (Å²) in [6, 6.07) is 14.9. The summed E-state index contributed by atoms with van der Waals surface area (Å²) in [5, 5.41) is 13.6. The second-order valence-electron chi connectivity index (χ2n) is 8.51. The minimum atomic E-state index is -0.379. The van der Waals surface area contributed by atoms with Crippen LogP contribution in [0.2, 0.25) is 0 Å². The molecule has 0 aliphatic heterocycles. The molecule has 0 saturated heterocycles. The van der Waals surface area contributed by atoms with E-state index in [-0.39, 0.29) is 17.1 Å². The molecule has 3 heterocycles. The molecule has 1 amide bonds. The second-order valence-corrected chi connectivity index (χ2v) is 8.51. The molecule has 0 bridgehead atoms. The van der Waals surface area contributed by atoms with E-state index in [4.69, 9.17) is 13.9 Å². The molecule has 32 heavy (non-hydrogen) atoms.